The van der Waals surface area contributed by atoms with Crippen molar-refractivity contribution in [2.45, 2.75) is 25.7 Å². The summed E-state index contributed by atoms with van der Waals surface area (Å²) in [6.07, 6.45) is -3.55. The highest BCUT2D eigenvalue weighted by atomic mass is 19.4. The molecule has 0 saturated carbocycles. The van der Waals surface area contributed by atoms with Crippen LogP contribution < -0.4 is 5.32 Å². The van der Waals surface area contributed by atoms with Gasteiger partial charge < -0.3 is 15.3 Å². The third kappa shape index (κ3) is 3.64. The van der Waals surface area contributed by atoms with Crippen LogP contribution >= 0.6 is 0 Å². The Kier molecular flexibility index (Phi) is 4.41. The van der Waals surface area contributed by atoms with Gasteiger partial charge in [-0.05, 0) is 54.4 Å². The van der Waals surface area contributed by atoms with E-state index in [1.165, 1.54) is 17.2 Å². The summed E-state index contributed by atoms with van der Waals surface area (Å²) in [4.78, 5) is 2.24. The largest absolute Gasteiger partial charge is 0.507 e. The molecule has 0 unspecified atom stereocenters. The minimum Gasteiger partial charge on any atom is -0.507 e. The molecule has 0 saturated heterocycles. The lowest BCUT2D eigenvalue weighted by molar-refractivity contribution is -0.138. The second-order valence-corrected chi connectivity index (χ2v) is 6.17. The number of phenols is 1. The van der Waals surface area contributed by atoms with Crippen molar-refractivity contribution in [1.82, 2.24) is 4.90 Å². The molecule has 0 bridgehead atoms. The van der Waals surface area contributed by atoms with Crippen LogP contribution in [-0.2, 0) is 25.7 Å². The van der Waals surface area contributed by atoms with Gasteiger partial charge in [-0.2, -0.15) is 13.2 Å². The van der Waals surface area contributed by atoms with Crippen LogP contribution in [0.5, 0.6) is 5.75 Å². The van der Waals surface area contributed by atoms with Gasteiger partial charge in [-0.1, -0.05) is 12.1 Å². The summed E-state index contributed by atoms with van der Waals surface area (Å²) in [5.41, 5.74) is 2.91. The maximum absolute atomic E-state index is 12.8. The Bertz CT molecular complexity index is 744. The number of hydrogen-bond donors (Lipinski definition) is 2. The number of fused-ring (bicyclic) bond motifs is 1. The predicted molar refractivity (Wildman–Crippen MR) is 86.9 cm³/mol. The maximum atomic E-state index is 12.8. The highest BCUT2D eigenvalue weighted by molar-refractivity contribution is 5.50. The molecule has 128 valence electrons. The van der Waals surface area contributed by atoms with Crippen LogP contribution in [0.4, 0.5) is 18.9 Å². The van der Waals surface area contributed by atoms with Crippen molar-refractivity contribution < 1.29 is 18.3 Å². The number of hydrogen-bond acceptors (Lipinski definition) is 3. The monoisotopic (exact) mass is 336 g/mol. The minimum absolute atomic E-state index is 0.262. The molecule has 0 fully saturated rings. The van der Waals surface area contributed by atoms with E-state index >= 15 is 0 Å². The van der Waals surface area contributed by atoms with Gasteiger partial charge in [-0.3, -0.25) is 0 Å². The van der Waals surface area contributed by atoms with E-state index in [1.807, 2.05) is 6.07 Å². The second kappa shape index (κ2) is 6.36. The van der Waals surface area contributed by atoms with Gasteiger partial charge in [-0.25, -0.2) is 0 Å². The normalized spacial score (nSPS) is 15.2. The Morgan fingerprint density at radius 1 is 1.12 bits per heavy atom. The lowest BCUT2D eigenvalue weighted by Crippen LogP contribution is -2.26. The zero-order valence-electron chi connectivity index (χ0n) is 13.3. The number of benzene rings is 2. The number of halogens is 3. The third-order valence-corrected chi connectivity index (χ3v) is 4.27. The van der Waals surface area contributed by atoms with E-state index in [0.717, 1.165) is 37.3 Å². The van der Waals surface area contributed by atoms with Crippen LogP contribution in [0.2, 0.25) is 0 Å². The third-order valence-electron chi connectivity index (χ3n) is 4.27. The number of anilines is 1. The molecule has 0 atom stereocenters. The number of phenolic OH excluding ortho intramolecular Hbond substituents is 1. The van der Waals surface area contributed by atoms with Crippen LogP contribution in [0.1, 0.15) is 22.3 Å². The Morgan fingerprint density at radius 2 is 1.92 bits per heavy atom. The van der Waals surface area contributed by atoms with E-state index in [2.05, 4.69) is 29.4 Å². The summed E-state index contributed by atoms with van der Waals surface area (Å²) in [7, 11) is 2.07. The van der Waals surface area contributed by atoms with Crippen molar-refractivity contribution >= 4 is 5.69 Å². The zero-order chi connectivity index (χ0) is 17.3. The molecule has 2 N–H and O–H groups in total. The van der Waals surface area contributed by atoms with Gasteiger partial charge in [0.2, 0.25) is 0 Å². The molecule has 0 amide bonds. The van der Waals surface area contributed by atoms with E-state index < -0.39 is 17.5 Å². The van der Waals surface area contributed by atoms with E-state index in [9.17, 15) is 18.3 Å². The van der Waals surface area contributed by atoms with Crippen molar-refractivity contribution in [1.29, 1.82) is 0 Å². The molecule has 2 aromatic carbocycles. The summed E-state index contributed by atoms with van der Waals surface area (Å²) in [6.45, 7) is 2.17. The lowest BCUT2D eigenvalue weighted by atomic mass is 9.99. The number of nitrogens with one attached hydrogen (secondary N) is 1. The molecular formula is C18H19F3N2O. The molecule has 0 aromatic heterocycles. The topological polar surface area (TPSA) is 35.5 Å². The fourth-order valence-electron chi connectivity index (χ4n) is 2.93. The van der Waals surface area contributed by atoms with Crippen molar-refractivity contribution in [3.8, 4) is 5.75 Å². The molecule has 3 rings (SSSR count). The quantitative estimate of drug-likeness (QED) is 0.889. The van der Waals surface area contributed by atoms with E-state index in [-0.39, 0.29) is 6.54 Å². The van der Waals surface area contributed by atoms with Crippen LogP contribution in [0.3, 0.4) is 0 Å². The average molecular weight is 336 g/mol. The maximum Gasteiger partial charge on any atom is 0.419 e. The molecule has 2 aromatic rings. The standard InChI is InChI=1S/C18H19F3N2O/c1-23-7-6-13-3-4-15(9-14(13)11-23)22-10-12-2-5-17(24)16(8-12)18(19,20)21/h2-5,8-9,22,24H,6-7,10-11H2,1H3. The smallest absolute Gasteiger partial charge is 0.419 e. The van der Waals surface area contributed by atoms with Gasteiger partial charge in [0.15, 0.2) is 0 Å². The summed E-state index contributed by atoms with van der Waals surface area (Å²) in [6, 6.07) is 9.63. The van der Waals surface area contributed by atoms with Gasteiger partial charge >= 0.3 is 6.18 Å². The van der Waals surface area contributed by atoms with E-state index in [4.69, 9.17) is 0 Å². The van der Waals surface area contributed by atoms with Crippen molar-refractivity contribution in [3.63, 3.8) is 0 Å². The van der Waals surface area contributed by atoms with Crippen LogP contribution in [0.25, 0.3) is 0 Å². The number of likely N-dealkylation sites (N-methyl/N-ethyl adjacent to an activating group) is 1. The fourth-order valence-corrected chi connectivity index (χ4v) is 2.93. The van der Waals surface area contributed by atoms with E-state index in [1.54, 1.807) is 0 Å². The summed E-state index contributed by atoms with van der Waals surface area (Å²) < 4.78 is 38.5. The molecule has 0 spiro atoms. The van der Waals surface area contributed by atoms with Gasteiger partial charge in [0.1, 0.15) is 5.75 Å². The molecule has 6 heteroatoms. The van der Waals surface area contributed by atoms with Crippen molar-refractivity contribution in [2.75, 3.05) is 18.9 Å². The Hall–Kier alpha value is -2.21. The molecule has 3 nitrogen and oxygen atoms in total. The first-order valence-corrected chi connectivity index (χ1v) is 7.76. The van der Waals surface area contributed by atoms with Gasteiger partial charge in [0.25, 0.3) is 0 Å². The summed E-state index contributed by atoms with van der Waals surface area (Å²) in [5.74, 6) is -0.747. The predicted octanol–water partition coefficient (Wildman–Crippen LogP) is 4.01. The molecule has 1 aliphatic heterocycles. The highest BCUT2D eigenvalue weighted by Gasteiger charge is 2.33. The molecule has 0 aliphatic carbocycles. The molecule has 1 aliphatic rings. The number of alkyl halides is 3. The van der Waals surface area contributed by atoms with Crippen LogP contribution in [-0.4, -0.2) is 23.6 Å². The van der Waals surface area contributed by atoms with Crippen molar-refractivity contribution in [3.05, 3.63) is 58.7 Å². The summed E-state index contributed by atoms with van der Waals surface area (Å²) >= 11 is 0. The fraction of sp³-hybridized carbons (Fsp3) is 0.333. The first-order chi connectivity index (χ1) is 11.3. The van der Waals surface area contributed by atoms with Gasteiger partial charge in [0, 0.05) is 25.3 Å². The first-order valence-electron chi connectivity index (χ1n) is 7.76. The van der Waals surface area contributed by atoms with Crippen LogP contribution in [0, 0.1) is 0 Å². The molecule has 1 heterocycles. The Labute approximate surface area is 138 Å². The number of rotatable bonds is 3. The van der Waals surface area contributed by atoms with Gasteiger partial charge in [0.05, 0.1) is 5.56 Å². The van der Waals surface area contributed by atoms with Gasteiger partial charge in [-0.15, -0.1) is 0 Å². The second-order valence-electron chi connectivity index (χ2n) is 6.17. The average Bonchev–Trinajstić information content (AvgIpc) is 2.52. The SMILES string of the molecule is CN1CCc2ccc(NCc3ccc(O)c(C(F)(F)F)c3)cc2C1. The Balaban J connectivity index is 1.73. The molecular weight excluding hydrogens is 317 g/mol. The zero-order valence-corrected chi connectivity index (χ0v) is 13.3. The van der Waals surface area contributed by atoms with E-state index in [0.29, 0.717) is 5.56 Å². The van der Waals surface area contributed by atoms with Crippen LogP contribution in [0.15, 0.2) is 36.4 Å². The first kappa shape index (κ1) is 16.6. The highest BCUT2D eigenvalue weighted by Crippen LogP contribution is 2.36. The Morgan fingerprint density at radius 3 is 2.67 bits per heavy atom. The minimum atomic E-state index is -4.56. The summed E-state index contributed by atoms with van der Waals surface area (Å²) in [5, 5.41) is 12.5. The lowest BCUT2D eigenvalue weighted by Gasteiger charge is -2.25. The molecule has 24 heavy (non-hydrogen) atoms. The number of nitrogens with zero attached hydrogens (tertiary/aromatic N) is 1. The number of aromatic hydroxyl groups is 1. The van der Waals surface area contributed by atoms with Crippen molar-refractivity contribution in [2.24, 2.45) is 0 Å². The molecule has 0 radical (unpaired) electrons.